The molecule has 1 aliphatic carbocycles. The second kappa shape index (κ2) is 4.66. The van der Waals surface area contributed by atoms with Crippen LogP contribution in [0, 0.1) is 6.92 Å². The lowest BCUT2D eigenvalue weighted by atomic mass is 10.0. The van der Waals surface area contributed by atoms with Crippen LogP contribution in [0.5, 0.6) is 0 Å². The third-order valence-corrected chi connectivity index (χ3v) is 3.91. The van der Waals surface area contributed by atoms with Crippen LogP contribution in [0.4, 0.5) is 5.69 Å². The predicted octanol–water partition coefficient (Wildman–Crippen LogP) is 4.75. The second-order valence-electron chi connectivity index (χ2n) is 4.92. The van der Waals surface area contributed by atoms with Crippen molar-refractivity contribution in [3.05, 3.63) is 64.2 Å². The molecule has 0 radical (unpaired) electrons. The molecule has 0 fully saturated rings. The van der Waals surface area contributed by atoms with E-state index in [-0.39, 0.29) is 0 Å². The van der Waals surface area contributed by atoms with E-state index < -0.39 is 0 Å². The number of hydrogen-bond acceptors (Lipinski definition) is 1. The first-order valence-corrected chi connectivity index (χ1v) is 6.72. The van der Waals surface area contributed by atoms with Gasteiger partial charge in [0.25, 0.3) is 0 Å². The molecule has 18 heavy (non-hydrogen) atoms. The van der Waals surface area contributed by atoms with E-state index in [4.69, 9.17) is 11.6 Å². The van der Waals surface area contributed by atoms with Crippen LogP contribution in [0.3, 0.4) is 0 Å². The topological polar surface area (TPSA) is 12.0 Å². The first-order chi connectivity index (χ1) is 8.74. The minimum Gasteiger partial charge on any atom is -0.377 e. The summed E-state index contributed by atoms with van der Waals surface area (Å²) in [5, 5.41) is 4.35. The third-order valence-electron chi connectivity index (χ3n) is 3.58. The molecule has 92 valence electrons. The van der Waals surface area contributed by atoms with E-state index >= 15 is 0 Å². The average molecular weight is 258 g/mol. The fourth-order valence-corrected chi connectivity index (χ4v) is 2.83. The van der Waals surface area contributed by atoms with Gasteiger partial charge in [-0.3, -0.25) is 0 Å². The monoisotopic (exact) mass is 257 g/mol. The summed E-state index contributed by atoms with van der Waals surface area (Å²) in [6.45, 7) is 2.14. The minimum atomic E-state index is 0.389. The molecule has 2 heteroatoms. The van der Waals surface area contributed by atoms with Crippen molar-refractivity contribution in [1.82, 2.24) is 0 Å². The molecule has 3 rings (SSSR count). The van der Waals surface area contributed by atoms with Gasteiger partial charge in [-0.05, 0) is 43.0 Å². The standard InChI is InChI=1S/C16H16ClN/c1-11-6-7-12-8-9-15(13(12)10-11)18-16-5-3-2-4-14(16)17/h2-7,10,15,18H,8-9H2,1H3. The molecule has 0 saturated carbocycles. The number of halogens is 1. The summed E-state index contributed by atoms with van der Waals surface area (Å²) in [6, 6.07) is 15.1. The number of hydrogen-bond donors (Lipinski definition) is 1. The second-order valence-corrected chi connectivity index (χ2v) is 5.32. The maximum absolute atomic E-state index is 6.20. The van der Waals surface area contributed by atoms with E-state index in [1.165, 1.54) is 16.7 Å². The van der Waals surface area contributed by atoms with Crippen LogP contribution in [-0.2, 0) is 6.42 Å². The molecule has 1 atom stereocenters. The molecule has 2 aromatic rings. The quantitative estimate of drug-likeness (QED) is 0.819. The Balaban J connectivity index is 1.89. The van der Waals surface area contributed by atoms with E-state index in [1.54, 1.807) is 0 Å². The van der Waals surface area contributed by atoms with Crippen molar-refractivity contribution in [2.75, 3.05) is 5.32 Å². The highest BCUT2D eigenvalue weighted by atomic mass is 35.5. The van der Waals surface area contributed by atoms with Crippen molar-refractivity contribution in [2.45, 2.75) is 25.8 Å². The molecular weight excluding hydrogens is 242 g/mol. The Kier molecular flexibility index (Phi) is 3.00. The lowest BCUT2D eigenvalue weighted by molar-refractivity contribution is 0.762. The summed E-state index contributed by atoms with van der Waals surface area (Å²) < 4.78 is 0. The van der Waals surface area contributed by atoms with Crippen molar-refractivity contribution in [3.63, 3.8) is 0 Å². The summed E-state index contributed by atoms with van der Waals surface area (Å²) >= 11 is 6.20. The summed E-state index contributed by atoms with van der Waals surface area (Å²) in [4.78, 5) is 0. The van der Waals surface area contributed by atoms with E-state index in [0.717, 1.165) is 23.6 Å². The molecule has 2 aromatic carbocycles. The zero-order valence-corrected chi connectivity index (χ0v) is 11.2. The van der Waals surface area contributed by atoms with E-state index in [9.17, 15) is 0 Å². The van der Waals surface area contributed by atoms with Gasteiger partial charge in [-0.15, -0.1) is 0 Å². The van der Waals surface area contributed by atoms with Crippen molar-refractivity contribution in [3.8, 4) is 0 Å². The third kappa shape index (κ3) is 2.11. The summed E-state index contributed by atoms with van der Waals surface area (Å²) in [6.07, 6.45) is 2.29. The number of para-hydroxylation sites is 1. The van der Waals surface area contributed by atoms with Gasteiger partial charge in [-0.2, -0.15) is 0 Å². The van der Waals surface area contributed by atoms with Crippen molar-refractivity contribution in [1.29, 1.82) is 0 Å². The summed E-state index contributed by atoms with van der Waals surface area (Å²) in [7, 11) is 0. The fraction of sp³-hybridized carbons (Fsp3) is 0.250. The van der Waals surface area contributed by atoms with Crippen molar-refractivity contribution >= 4 is 17.3 Å². The van der Waals surface area contributed by atoms with E-state index in [1.807, 2.05) is 24.3 Å². The van der Waals surface area contributed by atoms with Gasteiger partial charge in [-0.25, -0.2) is 0 Å². The van der Waals surface area contributed by atoms with Gasteiger partial charge in [0, 0.05) is 0 Å². The maximum Gasteiger partial charge on any atom is 0.0637 e. The van der Waals surface area contributed by atoms with Crippen molar-refractivity contribution < 1.29 is 0 Å². The van der Waals surface area contributed by atoms with Crippen LogP contribution in [0.25, 0.3) is 0 Å². The molecule has 0 heterocycles. The first-order valence-electron chi connectivity index (χ1n) is 6.34. The minimum absolute atomic E-state index is 0.389. The van der Waals surface area contributed by atoms with Crippen LogP contribution in [-0.4, -0.2) is 0 Å². The molecule has 1 unspecified atom stereocenters. The highest BCUT2D eigenvalue weighted by molar-refractivity contribution is 6.33. The Morgan fingerprint density at radius 2 is 2.00 bits per heavy atom. The largest absolute Gasteiger partial charge is 0.377 e. The molecule has 0 spiro atoms. The van der Waals surface area contributed by atoms with E-state index in [0.29, 0.717) is 6.04 Å². The van der Waals surface area contributed by atoms with Gasteiger partial charge in [0.2, 0.25) is 0 Å². The Morgan fingerprint density at radius 3 is 2.83 bits per heavy atom. The number of fused-ring (bicyclic) bond motifs is 1. The van der Waals surface area contributed by atoms with Crippen LogP contribution in [0.1, 0.15) is 29.2 Å². The smallest absolute Gasteiger partial charge is 0.0637 e. The molecule has 1 N–H and O–H groups in total. The highest BCUT2D eigenvalue weighted by Crippen LogP contribution is 2.35. The lowest BCUT2D eigenvalue weighted by Gasteiger charge is -2.17. The molecule has 0 bridgehead atoms. The molecule has 0 aliphatic heterocycles. The fourth-order valence-electron chi connectivity index (χ4n) is 2.64. The summed E-state index contributed by atoms with van der Waals surface area (Å²) in [5.74, 6) is 0. The van der Waals surface area contributed by atoms with E-state index in [2.05, 4.69) is 30.4 Å². The number of benzene rings is 2. The van der Waals surface area contributed by atoms with Crippen molar-refractivity contribution in [2.24, 2.45) is 0 Å². The molecule has 0 amide bonds. The first kappa shape index (κ1) is 11.6. The molecular formula is C16H16ClN. The Bertz CT molecular complexity index is 577. The normalized spacial score (nSPS) is 17.6. The molecule has 0 aromatic heterocycles. The molecule has 1 aliphatic rings. The number of anilines is 1. The Morgan fingerprint density at radius 1 is 1.17 bits per heavy atom. The van der Waals surface area contributed by atoms with Crippen LogP contribution in [0.2, 0.25) is 5.02 Å². The van der Waals surface area contributed by atoms with Crippen LogP contribution in [0.15, 0.2) is 42.5 Å². The maximum atomic E-state index is 6.20. The van der Waals surface area contributed by atoms with Gasteiger partial charge >= 0.3 is 0 Å². The number of rotatable bonds is 2. The number of nitrogens with one attached hydrogen (secondary N) is 1. The predicted molar refractivity (Wildman–Crippen MR) is 77.3 cm³/mol. The van der Waals surface area contributed by atoms with Crippen LogP contribution >= 0.6 is 11.6 Å². The van der Waals surface area contributed by atoms with Gasteiger partial charge in [0.05, 0.1) is 16.8 Å². The number of aryl methyl sites for hydroxylation is 2. The lowest BCUT2D eigenvalue weighted by Crippen LogP contribution is -2.07. The zero-order chi connectivity index (χ0) is 12.5. The SMILES string of the molecule is Cc1ccc2c(c1)C(Nc1ccccc1Cl)CC2. The van der Waals surface area contributed by atoms with Crippen LogP contribution < -0.4 is 5.32 Å². The molecule has 0 saturated heterocycles. The Labute approximate surface area is 113 Å². The highest BCUT2D eigenvalue weighted by Gasteiger charge is 2.22. The summed E-state index contributed by atoms with van der Waals surface area (Å²) in [5.41, 5.74) is 5.24. The van der Waals surface area contributed by atoms with Gasteiger partial charge < -0.3 is 5.32 Å². The molecule has 1 nitrogen and oxygen atoms in total. The van der Waals surface area contributed by atoms with Gasteiger partial charge in [0.15, 0.2) is 0 Å². The Hall–Kier alpha value is -1.47. The van der Waals surface area contributed by atoms with Gasteiger partial charge in [-0.1, -0.05) is 47.5 Å². The average Bonchev–Trinajstić information content (AvgIpc) is 2.75. The zero-order valence-electron chi connectivity index (χ0n) is 10.4. The van der Waals surface area contributed by atoms with Gasteiger partial charge in [0.1, 0.15) is 0 Å².